The first-order valence-corrected chi connectivity index (χ1v) is 7.89. The third kappa shape index (κ3) is 9.70. The van der Waals surface area contributed by atoms with E-state index in [9.17, 15) is 0 Å². The number of hydrogen-bond acceptors (Lipinski definition) is 4. The first-order chi connectivity index (χ1) is 9.45. The Balaban J connectivity index is 4.24. The average molecular weight is 288 g/mol. The summed E-state index contributed by atoms with van der Waals surface area (Å²) in [5.74, 6) is 0. The molecule has 0 amide bonds. The zero-order valence-electron chi connectivity index (χ0n) is 14.5. The smallest absolute Gasteiger partial charge is 0.0589 e. The molecule has 0 fully saturated rings. The summed E-state index contributed by atoms with van der Waals surface area (Å²) in [6.45, 7) is 15.0. The fraction of sp³-hybridized carbons (Fsp3) is 1.00. The van der Waals surface area contributed by atoms with Crippen molar-refractivity contribution in [1.29, 1.82) is 0 Å². The van der Waals surface area contributed by atoms with Gasteiger partial charge < -0.3 is 19.7 Å². The normalized spacial score (nSPS) is 13.9. The number of nitrogens with one attached hydrogen (secondary N) is 1. The maximum atomic E-state index is 5.21. The topological polar surface area (TPSA) is 33.7 Å². The Morgan fingerprint density at radius 3 is 2.15 bits per heavy atom. The molecule has 122 valence electrons. The minimum absolute atomic E-state index is 0.301. The third-order valence-corrected chi connectivity index (χ3v) is 3.66. The molecule has 0 saturated heterocycles. The van der Waals surface area contributed by atoms with E-state index in [-0.39, 0.29) is 0 Å². The second-order valence-corrected chi connectivity index (χ2v) is 6.45. The Morgan fingerprint density at radius 1 is 1.00 bits per heavy atom. The van der Waals surface area contributed by atoms with Crippen molar-refractivity contribution in [2.24, 2.45) is 5.41 Å². The van der Waals surface area contributed by atoms with Gasteiger partial charge in [0.15, 0.2) is 0 Å². The van der Waals surface area contributed by atoms with E-state index < -0.39 is 0 Å². The molecule has 0 rings (SSSR count). The zero-order chi connectivity index (χ0) is 15.4. The van der Waals surface area contributed by atoms with Crippen molar-refractivity contribution in [2.45, 2.75) is 46.6 Å². The molecule has 0 saturated carbocycles. The van der Waals surface area contributed by atoms with E-state index in [1.165, 1.54) is 6.42 Å². The number of ether oxygens (including phenoxy) is 2. The van der Waals surface area contributed by atoms with Gasteiger partial charge in [0.1, 0.15) is 0 Å². The number of nitrogens with zero attached hydrogens (tertiary/aromatic N) is 1. The monoisotopic (exact) mass is 288 g/mol. The average Bonchev–Trinajstić information content (AvgIpc) is 2.38. The molecule has 4 nitrogen and oxygen atoms in total. The van der Waals surface area contributed by atoms with Gasteiger partial charge in [-0.05, 0) is 31.3 Å². The van der Waals surface area contributed by atoms with Gasteiger partial charge in [0.05, 0.1) is 6.61 Å². The summed E-state index contributed by atoms with van der Waals surface area (Å²) < 4.78 is 10.4. The van der Waals surface area contributed by atoms with Crippen molar-refractivity contribution in [2.75, 3.05) is 53.6 Å². The highest BCUT2D eigenvalue weighted by atomic mass is 16.5. The van der Waals surface area contributed by atoms with Crippen LogP contribution in [-0.2, 0) is 9.47 Å². The summed E-state index contributed by atoms with van der Waals surface area (Å²) in [5, 5.41) is 3.62. The molecule has 1 atom stereocenters. The van der Waals surface area contributed by atoms with E-state index in [0.717, 1.165) is 45.8 Å². The molecule has 1 N–H and O–H groups in total. The van der Waals surface area contributed by atoms with Gasteiger partial charge in [0.2, 0.25) is 0 Å². The lowest BCUT2D eigenvalue weighted by Crippen LogP contribution is -2.43. The Kier molecular flexibility index (Phi) is 11.4. The summed E-state index contributed by atoms with van der Waals surface area (Å²) in [7, 11) is 3.53. The van der Waals surface area contributed by atoms with Crippen LogP contribution < -0.4 is 5.32 Å². The van der Waals surface area contributed by atoms with Crippen molar-refractivity contribution in [1.82, 2.24) is 10.2 Å². The van der Waals surface area contributed by atoms with Crippen LogP contribution in [0.4, 0.5) is 0 Å². The summed E-state index contributed by atoms with van der Waals surface area (Å²) >= 11 is 0. The first-order valence-electron chi connectivity index (χ1n) is 7.89. The minimum Gasteiger partial charge on any atom is -0.385 e. The summed E-state index contributed by atoms with van der Waals surface area (Å²) in [6.07, 6.45) is 2.26. The Labute approximate surface area is 126 Å². The highest BCUT2D eigenvalue weighted by molar-refractivity contribution is 4.81. The van der Waals surface area contributed by atoms with Crippen LogP contribution in [0.5, 0.6) is 0 Å². The molecule has 0 aliphatic carbocycles. The second-order valence-electron chi connectivity index (χ2n) is 6.45. The van der Waals surface area contributed by atoms with E-state index in [0.29, 0.717) is 11.5 Å². The lowest BCUT2D eigenvalue weighted by Gasteiger charge is -2.33. The van der Waals surface area contributed by atoms with Crippen molar-refractivity contribution in [3.63, 3.8) is 0 Å². The molecule has 0 aromatic carbocycles. The zero-order valence-corrected chi connectivity index (χ0v) is 14.5. The highest BCUT2D eigenvalue weighted by Gasteiger charge is 2.23. The molecule has 20 heavy (non-hydrogen) atoms. The highest BCUT2D eigenvalue weighted by Crippen LogP contribution is 2.22. The number of methoxy groups -OCH3 is 2. The summed E-state index contributed by atoms with van der Waals surface area (Å²) in [5.41, 5.74) is 0.301. The first kappa shape index (κ1) is 19.8. The number of rotatable bonds is 12. The molecule has 0 aliphatic heterocycles. The van der Waals surface area contributed by atoms with Crippen molar-refractivity contribution in [3.05, 3.63) is 0 Å². The molecule has 0 heterocycles. The van der Waals surface area contributed by atoms with Gasteiger partial charge in [0, 0.05) is 40.0 Å². The van der Waals surface area contributed by atoms with Crippen LogP contribution in [0.3, 0.4) is 0 Å². The lowest BCUT2D eigenvalue weighted by molar-refractivity contribution is 0.124. The van der Waals surface area contributed by atoms with Crippen LogP contribution in [-0.4, -0.2) is 64.6 Å². The van der Waals surface area contributed by atoms with E-state index in [1.807, 2.05) is 0 Å². The van der Waals surface area contributed by atoms with Crippen LogP contribution in [0.25, 0.3) is 0 Å². The van der Waals surface area contributed by atoms with Crippen LogP contribution in [0.15, 0.2) is 0 Å². The summed E-state index contributed by atoms with van der Waals surface area (Å²) in [4.78, 5) is 2.48. The molecular formula is C16H36N2O2. The summed E-state index contributed by atoms with van der Waals surface area (Å²) in [6, 6.07) is 0.556. The van der Waals surface area contributed by atoms with Gasteiger partial charge in [-0.2, -0.15) is 0 Å². The number of hydrogen-bond donors (Lipinski definition) is 1. The fourth-order valence-electron chi connectivity index (χ4n) is 2.39. The molecule has 0 radical (unpaired) electrons. The molecule has 1 unspecified atom stereocenters. The van der Waals surface area contributed by atoms with E-state index in [4.69, 9.17) is 9.47 Å². The molecule has 0 aromatic rings. The molecular weight excluding hydrogens is 252 g/mol. The van der Waals surface area contributed by atoms with Gasteiger partial charge in [-0.25, -0.2) is 0 Å². The minimum atomic E-state index is 0.301. The molecule has 0 bridgehead atoms. The predicted molar refractivity (Wildman–Crippen MR) is 86.3 cm³/mol. The van der Waals surface area contributed by atoms with Crippen molar-refractivity contribution >= 4 is 0 Å². The largest absolute Gasteiger partial charge is 0.385 e. The molecule has 4 heteroatoms. The van der Waals surface area contributed by atoms with Crippen LogP contribution in [0.2, 0.25) is 0 Å². The van der Waals surface area contributed by atoms with Gasteiger partial charge >= 0.3 is 0 Å². The maximum absolute atomic E-state index is 5.21. The quantitative estimate of drug-likeness (QED) is 0.559. The van der Waals surface area contributed by atoms with Crippen LogP contribution in [0, 0.1) is 5.41 Å². The van der Waals surface area contributed by atoms with Crippen molar-refractivity contribution < 1.29 is 9.47 Å². The van der Waals surface area contributed by atoms with E-state index >= 15 is 0 Å². The fourth-order valence-corrected chi connectivity index (χ4v) is 2.39. The second kappa shape index (κ2) is 11.5. The maximum Gasteiger partial charge on any atom is 0.0589 e. The van der Waals surface area contributed by atoms with Gasteiger partial charge in [0.25, 0.3) is 0 Å². The Morgan fingerprint density at radius 2 is 1.65 bits per heavy atom. The van der Waals surface area contributed by atoms with Gasteiger partial charge in [-0.15, -0.1) is 0 Å². The van der Waals surface area contributed by atoms with E-state index in [1.54, 1.807) is 14.2 Å². The standard InChI is InChI=1S/C16H36N2O2/c1-7-17-15(16(2,3)4)9-11-18(12-14-20-6)10-8-13-19-5/h15,17H,7-14H2,1-6H3. The third-order valence-electron chi connectivity index (χ3n) is 3.66. The van der Waals surface area contributed by atoms with Gasteiger partial charge in [-0.3, -0.25) is 0 Å². The molecule has 0 aliphatic rings. The van der Waals surface area contributed by atoms with Gasteiger partial charge in [-0.1, -0.05) is 27.7 Å². The van der Waals surface area contributed by atoms with Crippen molar-refractivity contribution in [3.8, 4) is 0 Å². The van der Waals surface area contributed by atoms with Crippen LogP contribution >= 0.6 is 0 Å². The molecule has 0 spiro atoms. The Hall–Kier alpha value is -0.160. The predicted octanol–water partition coefficient (Wildman–Crippen LogP) is 2.39. The molecule has 0 aromatic heterocycles. The Bertz CT molecular complexity index is 217. The lowest BCUT2D eigenvalue weighted by atomic mass is 9.84. The van der Waals surface area contributed by atoms with Crippen LogP contribution in [0.1, 0.15) is 40.5 Å². The SMILES string of the molecule is CCNC(CCN(CCCOC)CCOC)C(C)(C)C. The van der Waals surface area contributed by atoms with E-state index in [2.05, 4.69) is 37.9 Å².